The van der Waals surface area contributed by atoms with Gasteiger partial charge in [-0.3, -0.25) is 32.9 Å². The molecule has 20 rings (SSSR count). The largest absolute Gasteiger partial charge is 0.361 e. The fourth-order valence-corrected chi connectivity index (χ4v) is 16.9. The SMILES string of the molecule is CCc1nc(N[C@@H](C)c2cc3cccc(Cl)c3c(=O)n2-c2ccccc2)c2ccccc2n1.Cc1nc(N[C@@H](C)c2cc3cccc(Cl)c3c(=O)n2-c2ccccc2)c2ccccc2n1.Cc1nc2ncnc(N[C@@H](C)c3cc4cccc(Cl)c4c(=O)n3-c3ccccc3)c2[nH]1.Cc1nc2ncnc(N[C@@H](C)c3cc4cccc(Cl)c4c(=O)n3C3CC3)c2[nH]1. The third-order valence-electron chi connectivity index (χ3n) is 21.8. The summed E-state index contributed by atoms with van der Waals surface area (Å²) in [7, 11) is 0. The molecule has 0 bridgehead atoms. The molecule has 1 saturated carbocycles. The van der Waals surface area contributed by atoms with E-state index in [9.17, 15) is 19.2 Å². The van der Waals surface area contributed by atoms with Gasteiger partial charge in [-0.05, 0) is 192 Å². The van der Waals surface area contributed by atoms with Gasteiger partial charge in [0.25, 0.3) is 22.2 Å². The molecule has 0 spiro atoms. The van der Waals surface area contributed by atoms with Crippen molar-refractivity contribution in [3.8, 4) is 17.1 Å². The molecule has 19 aromatic rings. The molecule has 0 aliphatic heterocycles. The first kappa shape index (κ1) is 82.3. The van der Waals surface area contributed by atoms with Crippen molar-refractivity contribution < 1.29 is 0 Å². The zero-order chi connectivity index (χ0) is 86.1. The van der Waals surface area contributed by atoms with E-state index in [1.807, 2.05) is 266 Å². The maximum atomic E-state index is 13.7. The molecule has 618 valence electrons. The first-order chi connectivity index (χ1) is 60.1. The lowest BCUT2D eigenvalue weighted by atomic mass is 10.1. The van der Waals surface area contributed by atoms with Crippen LogP contribution in [0.15, 0.2) is 268 Å². The van der Waals surface area contributed by atoms with Gasteiger partial charge >= 0.3 is 0 Å². The summed E-state index contributed by atoms with van der Waals surface area (Å²) in [4.78, 5) is 105. The number of pyridine rings is 4. The molecule has 1 aliphatic carbocycles. The first-order valence-electron chi connectivity index (χ1n) is 40.6. The average molecular weight is 1720 g/mol. The summed E-state index contributed by atoms with van der Waals surface area (Å²) < 4.78 is 7.04. The Labute approximate surface area is 730 Å². The minimum atomic E-state index is -0.252. The monoisotopic (exact) mass is 1720 g/mol. The first-order valence-corrected chi connectivity index (χ1v) is 42.1. The molecule has 124 heavy (non-hydrogen) atoms. The number of hydrogen-bond donors (Lipinski definition) is 6. The standard InChI is InChI=1S/C27H23ClN4O.C26H21ClN4O.C23H19ClN6O.C20H19ClN6O/c1-3-24-30-22-15-8-7-13-20(22)26(31-24)29-17(2)23-16-18-10-9-14-21(28)25(18)27(33)32(23)19-11-5-4-6-12-19;1-16(28-25-20-12-6-7-14-22(20)29-17(2)30-25)23-15-18-9-8-13-21(27)24(18)26(32)31(23)19-10-4-3-5-11-19;1-13(27-21-20-22(26-12-25-21)29-14(2)28-20)18-11-15-7-6-10-17(24)19(15)23(31)30(18)16-8-4-3-5-9-16;1-10(24-18-17-19(23-9-22-18)26-11(2)25-17)15-8-12-4-3-5-14(21)16(12)20(28)27(15)13-6-7-13/h4-17H,3H2,1-2H3,(H,29,30,31);3-16H,1-2H3,(H,28,29,30);3-13H,1-2H3,(H2,25,26,27,28,29);3-5,8-10,13H,6-7H2,1-2H3,(H2,22,23,24,25,26)/t17-;16-;13-;10-/m0000/s1. The summed E-state index contributed by atoms with van der Waals surface area (Å²) in [6.07, 6.45) is 5.71. The van der Waals surface area contributed by atoms with Gasteiger partial charge in [-0.25, -0.2) is 49.8 Å². The van der Waals surface area contributed by atoms with Crippen LogP contribution < -0.4 is 43.5 Å². The highest BCUT2D eigenvalue weighted by molar-refractivity contribution is 6.37. The van der Waals surface area contributed by atoms with Gasteiger partial charge in [0, 0.05) is 63.1 Å². The van der Waals surface area contributed by atoms with E-state index >= 15 is 0 Å². The Morgan fingerprint density at radius 2 is 0.710 bits per heavy atom. The van der Waals surface area contributed by atoms with Crippen LogP contribution in [0.5, 0.6) is 0 Å². The fourth-order valence-electron chi connectivity index (χ4n) is 15.8. The highest BCUT2D eigenvalue weighted by atomic mass is 35.5. The van der Waals surface area contributed by atoms with Crippen LogP contribution in [0.3, 0.4) is 0 Å². The predicted molar refractivity (Wildman–Crippen MR) is 499 cm³/mol. The lowest BCUT2D eigenvalue weighted by Gasteiger charge is -2.22. The number of nitrogens with one attached hydrogen (secondary N) is 6. The fraction of sp³-hybridized carbons (Fsp3) is 0.167. The van der Waals surface area contributed by atoms with Crippen LogP contribution >= 0.6 is 46.4 Å². The number of hydrogen-bond acceptors (Lipinski definition) is 18. The molecule has 10 aromatic heterocycles. The number of aryl methyl sites for hydroxylation is 4. The van der Waals surface area contributed by atoms with Crippen molar-refractivity contribution in [3.05, 3.63) is 357 Å². The van der Waals surface area contributed by atoms with Gasteiger partial charge in [0.05, 0.1) is 76.8 Å². The summed E-state index contributed by atoms with van der Waals surface area (Å²) in [6.45, 7) is 15.7. The third-order valence-corrected chi connectivity index (χ3v) is 23.0. The second kappa shape index (κ2) is 35.2. The Kier molecular flexibility index (Phi) is 23.4. The number of aromatic nitrogens is 16. The second-order valence-electron chi connectivity index (χ2n) is 30.4. The number of H-pyrrole nitrogens is 2. The number of nitrogens with zero attached hydrogens (tertiary/aromatic N) is 14. The van der Waals surface area contributed by atoms with Crippen LogP contribution in [0.2, 0.25) is 20.1 Å². The van der Waals surface area contributed by atoms with E-state index in [1.54, 1.807) is 38.0 Å². The number of rotatable bonds is 17. The minimum absolute atomic E-state index is 0.0283. The Bertz CT molecular complexity index is 7570. The molecule has 10 heterocycles. The Morgan fingerprint density at radius 1 is 0.371 bits per heavy atom. The molecule has 0 unspecified atom stereocenters. The summed E-state index contributed by atoms with van der Waals surface area (Å²) >= 11 is 25.6. The number of fused-ring (bicyclic) bond motifs is 8. The van der Waals surface area contributed by atoms with E-state index in [4.69, 9.17) is 51.4 Å². The maximum absolute atomic E-state index is 13.7. The van der Waals surface area contributed by atoms with Crippen molar-refractivity contribution >= 4 is 157 Å². The van der Waals surface area contributed by atoms with E-state index in [-0.39, 0.29) is 52.4 Å². The number of benzene rings is 9. The molecule has 28 heteroatoms. The molecule has 4 atom stereocenters. The van der Waals surface area contributed by atoms with Gasteiger partial charge in [-0.2, -0.15) is 0 Å². The second-order valence-corrected chi connectivity index (χ2v) is 32.0. The minimum Gasteiger partial charge on any atom is -0.361 e. The molecule has 24 nitrogen and oxygen atoms in total. The van der Waals surface area contributed by atoms with Crippen molar-refractivity contribution in [3.63, 3.8) is 0 Å². The molecule has 6 N–H and O–H groups in total. The number of imidazole rings is 2. The number of para-hydroxylation sites is 5. The molecule has 0 amide bonds. The lowest BCUT2D eigenvalue weighted by Crippen LogP contribution is -2.26. The van der Waals surface area contributed by atoms with Gasteiger partial charge in [-0.15, -0.1) is 0 Å². The quantitative estimate of drug-likeness (QED) is 0.0494. The van der Waals surface area contributed by atoms with Crippen LogP contribution in [0.1, 0.15) is 124 Å². The van der Waals surface area contributed by atoms with Crippen molar-refractivity contribution in [1.82, 2.24) is 78.1 Å². The van der Waals surface area contributed by atoms with Gasteiger partial charge in [0.2, 0.25) is 0 Å². The molecule has 1 fully saturated rings. The smallest absolute Gasteiger partial charge is 0.264 e. The number of anilines is 4. The molecular weight excluding hydrogens is 1640 g/mol. The summed E-state index contributed by atoms with van der Waals surface area (Å²) in [5.41, 5.74) is 9.66. The molecule has 0 radical (unpaired) electrons. The number of halogens is 4. The highest BCUT2D eigenvalue weighted by Crippen LogP contribution is 2.40. The molecular formula is C96H82Cl4N20O4. The van der Waals surface area contributed by atoms with Crippen molar-refractivity contribution in [2.24, 2.45) is 0 Å². The Balaban J connectivity index is 0.000000117. The van der Waals surface area contributed by atoms with Crippen molar-refractivity contribution in [1.29, 1.82) is 0 Å². The van der Waals surface area contributed by atoms with E-state index in [2.05, 4.69) is 82.2 Å². The lowest BCUT2D eigenvalue weighted by molar-refractivity contribution is 0.636. The summed E-state index contributed by atoms with van der Waals surface area (Å²) in [5.74, 6) is 5.77. The third kappa shape index (κ3) is 16.6. The molecule has 1 aliphatic rings. The average Bonchev–Trinajstić information content (AvgIpc) is 1.33. The number of aromatic amines is 2. The topological polar surface area (TPSA) is 297 Å². The van der Waals surface area contributed by atoms with Crippen molar-refractivity contribution in [2.75, 3.05) is 21.3 Å². The van der Waals surface area contributed by atoms with Gasteiger partial charge in [-0.1, -0.05) is 181 Å². The van der Waals surface area contributed by atoms with Crippen LogP contribution in [0.25, 0.3) is 104 Å². The van der Waals surface area contributed by atoms with Gasteiger partial charge in [0.15, 0.2) is 22.9 Å². The summed E-state index contributed by atoms with van der Waals surface area (Å²) in [5, 5.41) is 23.0. The van der Waals surface area contributed by atoms with Crippen LogP contribution in [-0.4, -0.2) is 78.1 Å². The molecule has 0 saturated heterocycles. The van der Waals surface area contributed by atoms with E-state index in [0.717, 1.165) is 143 Å². The molecule has 9 aromatic carbocycles. The van der Waals surface area contributed by atoms with E-state index in [0.29, 0.717) is 70.4 Å². The van der Waals surface area contributed by atoms with Crippen LogP contribution in [-0.2, 0) is 6.42 Å². The summed E-state index contributed by atoms with van der Waals surface area (Å²) in [6, 6.07) is 74.2. The van der Waals surface area contributed by atoms with Crippen LogP contribution in [0, 0.1) is 20.8 Å². The predicted octanol–water partition coefficient (Wildman–Crippen LogP) is 21.3. The van der Waals surface area contributed by atoms with Gasteiger partial charge in [0.1, 0.15) is 58.6 Å². The highest BCUT2D eigenvalue weighted by Gasteiger charge is 2.31. The van der Waals surface area contributed by atoms with Crippen molar-refractivity contribution in [2.45, 2.75) is 105 Å². The van der Waals surface area contributed by atoms with E-state index < -0.39 is 0 Å². The Morgan fingerprint density at radius 3 is 1.10 bits per heavy atom. The zero-order valence-electron chi connectivity index (χ0n) is 68.6. The van der Waals surface area contributed by atoms with Crippen LogP contribution in [0.4, 0.5) is 23.3 Å². The zero-order valence-corrected chi connectivity index (χ0v) is 71.6. The Hall–Kier alpha value is -14.0. The normalized spacial score (nSPS) is 12.9. The van der Waals surface area contributed by atoms with E-state index in [1.165, 1.54) is 12.7 Å². The maximum Gasteiger partial charge on any atom is 0.264 e. The van der Waals surface area contributed by atoms with Gasteiger partial charge < -0.3 is 35.8 Å².